The molecular formula is C9H8Cl2O. The maximum Gasteiger partial charge on any atom is 0.183 e. The quantitative estimate of drug-likeness (QED) is 0.436. The van der Waals surface area contributed by atoms with Crippen molar-refractivity contribution in [2.24, 2.45) is 11.8 Å². The van der Waals surface area contributed by atoms with E-state index in [9.17, 15) is 4.79 Å². The van der Waals surface area contributed by atoms with Crippen LogP contribution in [-0.4, -0.2) is 10.1 Å². The lowest BCUT2D eigenvalue weighted by Gasteiger charge is -2.43. The van der Waals surface area contributed by atoms with Crippen molar-refractivity contribution in [3.05, 3.63) is 17.9 Å². The molecule has 12 heavy (non-hydrogen) atoms. The number of carbonyl (C=O) groups excluding carboxylic acids is 1. The van der Waals surface area contributed by atoms with Gasteiger partial charge in [-0.1, -0.05) is 23.2 Å². The summed E-state index contributed by atoms with van der Waals surface area (Å²) in [6.07, 6.45) is 5.50. The Bertz CT molecular complexity index is 287. The van der Waals surface area contributed by atoms with E-state index in [1.165, 1.54) is 0 Å². The van der Waals surface area contributed by atoms with Crippen LogP contribution in [0.15, 0.2) is 17.9 Å². The molecule has 0 spiro atoms. The van der Waals surface area contributed by atoms with Gasteiger partial charge in [-0.15, -0.1) is 5.73 Å². The zero-order valence-corrected chi connectivity index (χ0v) is 7.90. The molecule has 0 aliphatic heterocycles. The SMILES string of the molecule is O=C1[C@H]2CCC=C=C[C@H]2C1(Cl)Cl. The molecule has 0 aromatic rings. The maximum atomic E-state index is 11.3. The Morgan fingerprint density at radius 2 is 2.33 bits per heavy atom. The van der Waals surface area contributed by atoms with Crippen LogP contribution in [0.3, 0.4) is 0 Å². The maximum absolute atomic E-state index is 11.3. The number of allylic oxidation sites excluding steroid dienone is 1. The van der Waals surface area contributed by atoms with Gasteiger partial charge in [0.05, 0.1) is 0 Å². The molecule has 0 saturated heterocycles. The number of hydrogen-bond donors (Lipinski definition) is 0. The van der Waals surface area contributed by atoms with E-state index in [2.05, 4.69) is 5.73 Å². The molecule has 0 N–H and O–H groups in total. The van der Waals surface area contributed by atoms with E-state index in [0.717, 1.165) is 12.8 Å². The third kappa shape index (κ3) is 0.974. The second-order valence-corrected chi connectivity index (χ2v) is 4.62. The molecule has 0 unspecified atom stereocenters. The third-order valence-electron chi connectivity index (χ3n) is 2.53. The van der Waals surface area contributed by atoms with Gasteiger partial charge in [-0.2, -0.15) is 0 Å². The third-order valence-corrected chi connectivity index (χ3v) is 3.41. The van der Waals surface area contributed by atoms with Crippen LogP contribution in [0.2, 0.25) is 0 Å². The minimum Gasteiger partial charge on any atom is -0.296 e. The van der Waals surface area contributed by atoms with Crippen LogP contribution in [0.5, 0.6) is 0 Å². The highest BCUT2D eigenvalue weighted by Gasteiger charge is 2.58. The summed E-state index contributed by atoms with van der Waals surface area (Å²) >= 11 is 11.7. The highest BCUT2D eigenvalue weighted by atomic mass is 35.5. The monoisotopic (exact) mass is 202 g/mol. The molecule has 0 heterocycles. The average molecular weight is 203 g/mol. The van der Waals surface area contributed by atoms with Gasteiger partial charge in [-0.3, -0.25) is 4.79 Å². The summed E-state index contributed by atoms with van der Waals surface area (Å²) in [5, 5.41) is 0. The predicted molar refractivity (Wildman–Crippen MR) is 48.3 cm³/mol. The van der Waals surface area contributed by atoms with Gasteiger partial charge in [0.2, 0.25) is 0 Å². The number of hydrogen-bond acceptors (Lipinski definition) is 1. The lowest BCUT2D eigenvalue weighted by Crippen LogP contribution is -2.55. The number of fused-ring (bicyclic) bond motifs is 1. The van der Waals surface area contributed by atoms with E-state index in [0.29, 0.717) is 0 Å². The normalized spacial score (nSPS) is 37.0. The van der Waals surface area contributed by atoms with E-state index in [-0.39, 0.29) is 17.6 Å². The number of Topliss-reactive ketones (excluding diaryl/α,β-unsaturated/α-hetero) is 1. The van der Waals surface area contributed by atoms with Crippen LogP contribution in [0.25, 0.3) is 0 Å². The summed E-state index contributed by atoms with van der Waals surface area (Å²) < 4.78 is -1.17. The van der Waals surface area contributed by atoms with Crippen molar-refractivity contribution in [2.75, 3.05) is 0 Å². The predicted octanol–water partition coefficient (Wildman–Crippen LogP) is 2.48. The van der Waals surface area contributed by atoms with E-state index in [1.54, 1.807) is 0 Å². The molecule has 2 aliphatic carbocycles. The average Bonchev–Trinajstić information content (AvgIpc) is 2.26. The zero-order valence-electron chi connectivity index (χ0n) is 6.39. The molecule has 2 aliphatic rings. The first-order valence-corrected chi connectivity index (χ1v) is 4.73. The van der Waals surface area contributed by atoms with Crippen molar-refractivity contribution in [3.63, 3.8) is 0 Å². The minimum absolute atomic E-state index is 0.0212. The molecule has 64 valence electrons. The molecular weight excluding hydrogens is 195 g/mol. The molecule has 0 radical (unpaired) electrons. The van der Waals surface area contributed by atoms with Gasteiger partial charge in [0.15, 0.2) is 10.1 Å². The molecule has 2 atom stereocenters. The topological polar surface area (TPSA) is 17.1 Å². The molecule has 2 rings (SSSR count). The Morgan fingerprint density at radius 3 is 3.08 bits per heavy atom. The largest absolute Gasteiger partial charge is 0.296 e. The van der Waals surface area contributed by atoms with Gasteiger partial charge in [0.1, 0.15) is 0 Å². The smallest absolute Gasteiger partial charge is 0.183 e. The summed E-state index contributed by atoms with van der Waals surface area (Å²) in [6, 6.07) is 0. The van der Waals surface area contributed by atoms with Crippen LogP contribution in [-0.2, 0) is 4.79 Å². The Hall–Kier alpha value is -0.230. The minimum atomic E-state index is -1.17. The van der Waals surface area contributed by atoms with Gasteiger partial charge in [0.25, 0.3) is 0 Å². The Balaban J connectivity index is 2.28. The van der Waals surface area contributed by atoms with Crippen molar-refractivity contribution >= 4 is 29.0 Å². The fraction of sp³-hybridized carbons (Fsp3) is 0.556. The second kappa shape index (κ2) is 2.63. The summed E-state index contributed by atoms with van der Waals surface area (Å²) in [5.41, 5.74) is 2.98. The van der Waals surface area contributed by atoms with Crippen LogP contribution in [0.1, 0.15) is 12.8 Å². The Labute approximate surface area is 81.0 Å². The van der Waals surface area contributed by atoms with Crippen LogP contribution in [0.4, 0.5) is 0 Å². The lowest BCUT2D eigenvalue weighted by atomic mass is 9.70. The molecule has 0 aromatic heterocycles. The molecule has 1 saturated carbocycles. The number of alkyl halides is 2. The van der Waals surface area contributed by atoms with Crippen molar-refractivity contribution in [1.82, 2.24) is 0 Å². The van der Waals surface area contributed by atoms with Gasteiger partial charge >= 0.3 is 0 Å². The summed E-state index contributed by atoms with van der Waals surface area (Å²) in [6.45, 7) is 0. The van der Waals surface area contributed by atoms with E-state index in [1.807, 2.05) is 12.2 Å². The fourth-order valence-corrected chi connectivity index (χ4v) is 2.49. The summed E-state index contributed by atoms with van der Waals surface area (Å²) in [7, 11) is 0. The van der Waals surface area contributed by atoms with Crippen molar-refractivity contribution in [1.29, 1.82) is 0 Å². The molecule has 1 nitrogen and oxygen atoms in total. The molecule has 0 aromatic carbocycles. The zero-order chi connectivity index (χ0) is 8.77. The van der Waals surface area contributed by atoms with Crippen molar-refractivity contribution in [3.8, 4) is 0 Å². The summed E-state index contributed by atoms with van der Waals surface area (Å²) in [4.78, 5) is 11.3. The highest BCUT2D eigenvalue weighted by Crippen LogP contribution is 2.51. The van der Waals surface area contributed by atoms with Gasteiger partial charge in [0, 0.05) is 11.8 Å². The Morgan fingerprint density at radius 1 is 1.58 bits per heavy atom. The van der Waals surface area contributed by atoms with Gasteiger partial charge < -0.3 is 0 Å². The number of halogens is 2. The van der Waals surface area contributed by atoms with Crippen LogP contribution >= 0.6 is 23.2 Å². The van der Waals surface area contributed by atoms with Gasteiger partial charge in [-0.25, -0.2) is 0 Å². The lowest BCUT2D eigenvalue weighted by molar-refractivity contribution is -0.133. The second-order valence-electron chi connectivity index (χ2n) is 3.23. The van der Waals surface area contributed by atoms with E-state index < -0.39 is 4.33 Å². The van der Waals surface area contributed by atoms with Crippen LogP contribution in [0, 0.1) is 11.8 Å². The van der Waals surface area contributed by atoms with Crippen molar-refractivity contribution < 1.29 is 4.79 Å². The standard InChI is InChI=1S/C9H8Cl2O/c10-9(11)7-5-3-1-2-4-6(7)8(9)12/h1,5-7H,2,4H2/t6-,7+/m0/s1. The Kier molecular flexibility index (Phi) is 1.84. The first kappa shape index (κ1) is 8.37. The van der Waals surface area contributed by atoms with Gasteiger partial charge in [-0.05, 0) is 25.0 Å². The summed E-state index contributed by atoms with van der Waals surface area (Å²) in [5.74, 6) is -0.0116. The first-order chi connectivity index (χ1) is 5.64. The van der Waals surface area contributed by atoms with E-state index in [4.69, 9.17) is 23.2 Å². The first-order valence-electron chi connectivity index (χ1n) is 3.97. The highest BCUT2D eigenvalue weighted by molar-refractivity contribution is 6.61. The fourth-order valence-electron chi connectivity index (χ4n) is 1.78. The number of carbonyl (C=O) groups is 1. The van der Waals surface area contributed by atoms with Crippen LogP contribution < -0.4 is 0 Å². The van der Waals surface area contributed by atoms with E-state index >= 15 is 0 Å². The van der Waals surface area contributed by atoms with Crippen molar-refractivity contribution in [2.45, 2.75) is 17.2 Å². The number of ketones is 1. The number of rotatable bonds is 0. The molecule has 0 amide bonds. The molecule has 1 fully saturated rings. The molecule has 3 heteroatoms. The molecule has 0 bridgehead atoms.